The zero-order valence-corrected chi connectivity index (χ0v) is 12.2. The highest BCUT2D eigenvalue weighted by Gasteiger charge is 2.24. The highest BCUT2D eigenvalue weighted by atomic mass is 19.1. The van der Waals surface area contributed by atoms with Crippen LogP contribution in [0, 0.1) is 12.7 Å². The Bertz CT molecular complexity index is 542. The van der Waals surface area contributed by atoms with E-state index < -0.39 is 6.04 Å². The van der Waals surface area contributed by atoms with Crippen LogP contribution in [0.25, 0.3) is 0 Å². The van der Waals surface area contributed by atoms with Gasteiger partial charge in [-0.1, -0.05) is 0 Å². The Morgan fingerprint density at radius 1 is 1.33 bits per heavy atom. The molecule has 114 valence electrons. The molecule has 1 aromatic carbocycles. The summed E-state index contributed by atoms with van der Waals surface area (Å²) in [5, 5.41) is 2.65. The third-order valence-electron chi connectivity index (χ3n) is 3.46. The fraction of sp³-hybridized carbons (Fsp3) is 0.467. The van der Waals surface area contributed by atoms with Gasteiger partial charge in [-0.15, -0.1) is 0 Å². The van der Waals surface area contributed by atoms with Crippen molar-refractivity contribution in [3.8, 4) is 0 Å². The molecule has 0 aliphatic carbocycles. The number of benzene rings is 1. The summed E-state index contributed by atoms with van der Waals surface area (Å²) < 4.78 is 18.4. The van der Waals surface area contributed by atoms with Gasteiger partial charge >= 0.3 is 0 Å². The van der Waals surface area contributed by atoms with Crippen LogP contribution in [0.3, 0.4) is 0 Å². The Labute approximate surface area is 123 Å². The van der Waals surface area contributed by atoms with Gasteiger partial charge < -0.3 is 15.0 Å². The molecule has 0 radical (unpaired) electrons. The average Bonchev–Trinajstić information content (AvgIpc) is 2.50. The number of aryl methyl sites for hydroxylation is 1. The minimum Gasteiger partial charge on any atom is -0.378 e. The second-order valence-corrected chi connectivity index (χ2v) is 5.10. The van der Waals surface area contributed by atoms with Crippen LogP contribution in [0.5, 0.6) is 0 Å². The summed E-state index contributed by atoms with van der Waals surface area (Å²) in [6, 6.07) is 3.50. The smallest absolute Gasteiger partial charge is 0.251 e. The van der Waals surface area contributed by atoms with Crippen molar-refractivity contribution in [2.75, 3.05) is 26.3 Å². The summed E-state index contributed by atoms with van der Waals surface area (Å²) in [6.45, 7) is 5.34. The van der Waals surface area contributed by atoms with Crippen molar-refractivity contribution in [2.45, 2.75) is 19.9 Å². The maximum Gasteiger partial charge on any atom is 0.251 e. The molecular formula is C15H19FN2O3. The molecule has 1 unspecified atom stereocenters. The third-order valence-corrected chi connectivity index (χ3v) is 3.46. The Morgan fingerprint density at radius 2 is 2.00 bits per heavy atom. The molecule has 0 spiro atoms. The number of ether oxygens (including phenoxy) is 1. The van der Waals surface area contributed by atoms with E-state index in [0.717, 1.165) is 0 Å². The van der Waals surface area contributed by atoms with E-state index in [-0.39, 0.29) is 17.6 Å². The van der Waals surface area contributed by atoms with Crippen LogP contribution in [0.2, 0.25) is 0 Å². The molecule has 1 N–H and O–H groups in total. The lowest BCUT2D eigenvalue weighted by Gasteiger charge is -2.29. The summed E-state index contributed by atoms with van der Waals surface area (Å²) in [5.74, 6) is -0.873. The minimum absolute atomic E-state index is 0.134. The van der Waals surface area contributed by atoms with Gasteiger partial charge in [-0.25, -0.2) is 4.39 Å². The van der Waals surface area contributed by atoms with Gasteiger partial charge in [-0.3, -0.25) is 9.59 Å². The van der Waals surface area contributed by atoms with E-state index in [0.29, 0.717) is 37.4 Å². The van der Waals surface area contributed by atoms with Crippen molar-refractivity contribution in [3.05, 3.63) is 35.1 Å². The molecule has 1 aromatic rings. The number of morpholine rings is 1. The number of hydrogen-bond acceptors (Lipinski definition) is 3. The van der Waals surface area contributed by atoms with Crippen LogP contribution in [0.15, 0.2) is 18.2 Å². The van der Waals surface area contributed by atoms with Crippen molar-refractivity contribution in [1.82, 2.24) is 10.2 Å². The number of halogens is 1. The number of nitrogens with zero attached hydrogens (tertiary/aromatic N) is 1. The summed E-state index contributed by atoms with van der Waals surface area (Å²) in [4.78, 5) is 25.9. The molecule has 0 aromatic heterocycles. The monoisotopic (exact) mass is 294 g/mol. The molecule has 21 heavy (non-hydrogen) atoms. The second kappa shape index (κ2) is 6.67. The largest absolute Gasteiger partial charge is 0.378 e. The van der Waals surface area contributed by atoms with Crippen LogP contribution in [0.4, 0.5) is 4.39 Å². The predicted octanol–water partition coefficient (Wildman–Crippen LogP) is 1.11. The summed E-state index contributed by atoms with van der Waals surface area (Å²) in [7, 11) is 0. The number of carbonyl (C=O) groups excluding carboxylic acids is 2. The highest BCUT2D eigenvalue weighted by Crippen LogP contribution is 2.09. The third kappa shape index (κ3) is 3.78. The molecule has 0 bridgehead atoms. The van der Waals surface area contributed by atoms with Gasteiger partial charge in [0.1, 0.15) is 11.9 Å². The predicted molar refractivity (Wildman–Crippen MR) is 75.5 cm³/mol. The van der Waals surface area contributed by atoms with Crippen LogP contribution >= 0.6 is 0 Å². The minimum atomic E-state index is -0.624. The molecule has 6 heteroatoms. The van der Waals surface area contributed by atoms with E-state index >= 15 is 0 Å². The quantitative estimate of drug-likeness (QED) is 0.908. The van der Waals surface area contributed by atoms with E-state index in [2.05, 4.69) is 5.32 Å². The van der Waals surface area contributed by atoms with Crippen LogP contribution in [0.1, 0.15) is 22.8 Å². The average molecular weight is 294 g/mol. The molecule has 1 saturated heterocycles. The Balaban J connectivity index is 1.97. The molecule has 2 amide bonds. The first kappa shape index (κ1) is 15.4. The standard InChI is InChI=1S/C15H19FN2O3/c1-10-9-12(3-4-13(10)16)14(19)17-11(2)15(20)18-5-7-21-8-6-18/h3-4,9,11H,5-8H2,1-2H3,(H,17,19). The van der Waals surface area contributed by atoms with Gasteiger partial charge in [0.2, 0.25) is 5.91 Å². The highest BCUT2D eigenvalue weighted by molar-refractivity contribution is 5.97. The molecule has 1 aliphatic heterocycles. The first-order valence-electron chi connectivity index (χ1n) is 6.92. The van der Waals surface area contributed by atoms with E-state index in [1.807, 2.05) is 0 Å². The lowest BCUT2D eigenvalue weighted by molar-refractivity contribution is -0.136. The number of amides is 2. The first-order chi connectivity index (χ1) is 9.99. The van der Waals surface area contributed by atoms with Gasteiger partial charge in [0.25, 0.3) is 5.91 Å². The number of rotatable bonds is 3. The molecule has 1 atom stereocenters. The first-order valence-corrected chi connectivity index (χ1v) is 6.92. The fourth-order valence-corrected chi connectivity index (χ4v) is 2.19. The molecule has 1 aliphatic rings. The van der Waals surface area contributed by atoms with Crippen LogP contribution in [-0.4, -0.2) is 49.1 Å². The van der Waals surface area contributed by atoms with Gasteiger partial charge in [0.05, 0.1) is 13.2 Å². The van der Waals surface area contributed by atoms with Crippen LogP contribution < -0.4 is 5.32 Å². The van der Waals surface area contributed by atoms with E-state index in [4.69, 9.17) is 4.74 Å². The Morgan fingerprint density at radius 3 is 2.62 bits per heavy atom. The van der Waals surface area contributed by atoms with Crippen molar-refractivity contribution in [1.29, 1.82) is 0 Å². The van der Waals surface area contributed by atoms with E-state index in [1.165, 1.54) is 18.2 Å². The van der Waals surface area contributed by atoms with Crippen molar-refractivity contribution >= 4 is 11.8 Å². The molecule has 0 saturated carbocycles. The normalized spacial score (nSPS) is 16.4. The molecule has 1 fully saturated rings. The van der Waals surface area contributed by atoms with Crippen molar-refractivity contribution in [2.24, 2.45) is 0 Å². The second-order valence-electron chi connectivity index (χ2n) is 5.10. The van der Waals surface area contributed by atoms with Gasteiger partial charge in [0, 0.05) is 18.7 Å². The maximum absolute atomic E-state index is 13.2. The summed E-state index contributed by atoms with van der Waals surface area (Å²) in [5.41, 5.74) is 0.741. The lowest BCUT2D eigenvalue weighted by Crippen LogP contribution is -2.50. The van der Waals surface area contributed by atoms with Gasteiger partial charge in [0.15, 0.2) is 0 Å². The Kier molecular flexibility index (Phi) is 4.90. The SMILES string of the molecule is Cc1cc(C(=O)NC(C)C(=O)N2CCOCC2)ccc1F. The topological polar surface area (TPSA) is 58.6 Å². The van der Waals surface area contributed by atoms with Gasteiger partial charge in [-0.2, -0.15) is 0 Å². The van der Waals surface area contributed by atoms with Crippen LogP contribution in [-0.2, 0) is 9.53 Å². The maximum atomic E-state index is 13.2. The summed E-state index contributed by atoms with van der Waals surface area (Å²) in [6.07, 6.45) is 0. The number of hydrogen-bond donors (Lipinski definition) is 1. The molecular weight excluding hydrogens is 275 g/mol. The zero-order valence-electron chi connectivity index (χ0n) is 12.2. The molecule has 5 nitrogen and oxygen atoms in total. The molecule has 2 rings (SSSR count). The fourth-order valence-electron chi connectivity index (χ4n) is 2.19. The van der Waals surface area contributed by atoms with E-state index in [9.17, 15) is 14.0 Å². The summed E-state index contributed by atoms with van der Waals surface area (Å²) >= 11 is 0. The van der Waals surface area contributed by atoms with Crippen molar-refractivity contribution < 1.29 is 18.7 Å². The van der Waals surface area contributed by atoms with Crippen molar-refractivity contribution in [3.63, 3.8) is 0 Å². The zero-order chi connectivity index (χ0) is 15.4. The molecule has 1 heterocycles. The Hall–Kier alpha value is -1.95. The van der Waals surface area contributed by atoms with Gasteiger partial charge in [-0.05, 0) is 37.6 Å². The number of nitrogens with one attached hydrogen (secondary N) is 1. The lowest BCUT2D eigenvalue weighted by atomic mass is 10.1. The van der Waals surface area contributed by atoms with E-state index in [1.54, 1.807) is 18.7 Å². The number of carbonyl (C=O) groups is 2.